The second-order valence-electron chi connectivity index (χ2n) is 4.68. The van der Waals surface area contributed by atoms with Crippen LogP contribution in [0, 0.1) is 6.92 Å². The predicted octanol–water partition coefficient (Wildman–Crippen LogP) is 2.48. The van der Waals surface area contributed by atoms with Crippen LogP contribution < -0.4 is 10.6 Å². The SMILES string of the molecule is CCN(c1ccc(CCN)cc1C)C1CC1. The number of hydrogen-bond acceptors (Lipinski definition) is 2. The number of rotatable bonds is 5. The molecule has 1 aromatic carbocycles. The highest BCUT2D eigenvalue weighted by Crippen LogP contribution is 2.33. The van der Waals surface area contributed by atoms with E-state index >= 15 is 0 Å². The van der Waals surface area contributed by atoms with E-state index in [-0.39, 0.29) is 0 Å². The van der Waals surface area contributed by atoms with Crippen LogP contribution in [0.25, 0.3) is 0 Å². The molecule has 1 fully saturated rings. The summed E-state index contributed by atoms with van der Waals surface area (Å²) < 4.78 is 0. The largest absolute Gasteiger partial charge is 0.369 e. The third-order valence-corrected chi connectivity index (χ3v) is 3.33. The lowest BCUT2D eigenvalue weighted by Gasteiger charge is -2.25. The van der Waals surface area contributed by atoms with Crippen LogP contribution in [0.5, 0.6) is 0 Å². The molecule has 0 amide bonds. The molecule has 0 aromatic heterocycles. The summed E-state index contributed by atoms with van der Waals surface area (Å²) in [5.74, 6) is 0. The summed E-state index contributed by atoms with van der Waals surface area (Å²) in [6.07, 6.45) is 3.70. The maximum Gasteiger partial charge on any atom is 0.0398 e. The molecule has 0 spiro atoms. The van der Waals surface area contributed by atoms with Gasteiger partial charge in [-0.3, -0.25) is 0 Å². The average Bonchev–Trinajstić information content (AvgIpc) is 3.07. The average molecular weight is 218 g/mol. The lowest BCUT2D eigenvalue weighted by atomic mass is 10.1. The van der Waals surface area contributed by atoms with Crippen LogP contribution in [-0.4, -0.2) is 19.1 Å². The van der Waals surface area contributed by atoms with E-state index in [1.807, 2.05) is 0 Å². The zero-order valence-electron chi connectivity index (χ0n) is 10.4. The highest BCUT2D eigenvalue weighted by Gasteiger charge is 2.28. The summed E-state index contributed by atoms with van der Waals surface area (Å²) in [7, 11) is 0. The van der Waals surface area contributed by atoms with Crippen LogP contribution in [-0.2, 0) is 6.42 Å². The summed E-state index contributed by atoms with van der Waals surface area (Å²) in [5, 5.41) is 0. The second-order valence-corrected chi connectivity index (χ2v) is 4.68. The maximum atomic E-state index is 5.58. The Morgan fingerprint density at radius 3 is 2.62 bits per heavy atom. The highest BCUT2D eigenvalue weighted by molar-refractivity contribution is 5.56. The molecule has 2 heteroatoms. The standard InChI is InChI=1S/C14H22N2/c1-3-16(13-5-6-13)14-7-4-12(8-9-15)10-11(14)2/h4,7,10,13H,3,5-6,8-9,15H2,1-2H3. The lowest BCUT2D eigenvalue weighted by molar-refractivity contribution is 0.821. The van der Waals surface area contributed by atoms with Crippen molar-refractivity contribution < 1.29 is 0 Å². The third-order valence-electron chi connectivity index (χ3n) is 3.33. The number of nitrogens with zero attached hydrogens (tertiary/aromatic N) is 1. The van der Waals surface area contributed by atoms with Crippen LogP contribution in [0.15, 0.2) is 18.2 Å². The maximum absolute atomic E-state index is 5.58. The Morgan fingerprint density at radius 1 is 1.38 bits per heavy atom. The highest BCUT2D eigenvalue weighted by atomic mass is 15.2. The first-order valence-electron chi connectivity index (χ1n) is 6.32. The summed E-state index contributed by atoms with van der Waals surface area (Å²) in [6, 6.07) is 7.57. The monoisotopic (exact) mass is 218 g/mol. The van der Waals surface area contributed by atoms with Crippen LogP contribution >= 0.6 is 0 Å². The van der Waals surface area contributed by atoms with Crippen molar-refractivity contribution in [2.75, 3.05) is 18.0 Å². The molecule has 1 aliphatic carbocycles. The van der Waals surface area contributed by atoms with Gasteiger partial charge in [0.25, 0.3) is 0 Å². The van der Waals surface area contributed by atoms with E-state index in [9.17, 15) is 0 Å². The molecule has 0 radical (unpaired) electrons. The van der Waals surface area contributed by atoms with Gasteiger partial charge in [0.1, 0.15) is 0 Å². The van der Waals surface area contributed by atoms with Crippen molar-refractivity contribution in [3.63, 3.8) is 0 Å². The number of aryl methyl sites for hydroxylation is 1. The molecular formula is C14H22N2. The Morgan fingerprint density at radius 2 is 2.12 bits per heavy atom. The minimum absolute atomic E-state index is 0.735. The summed E-state index contributed by atoms with van der Waals surface area (Å²) in [5.41, 5.74) is 9.74. The Kier molecular flexibility index (Phi) is 3.49. The van der Waals surface area contributed by atoms with E-state index in [4.69, 9.17) is 5.73 Å². The van der Waals surface area contributed by atoms with Crippen molar-refractivity contribution >= 4 is 5.69 Å². The van der Waals surface area contributed by atoms with Crippen LogP contribution in [0.4, 0.5) is 5.69 Å². The van der Waals surface area contributed by atoms with Gasteiger partial charge >= 0.3 is 0 Å². The molecule has 2 rings (SSSR count). The first kappa shape index (κ1) is 11.5. The third kappa shape index (κ3) is 2.38. The van der Waals surface area contributed by atoms with E-state index < -0.39 is 0 Å². The van der Waals surface area contributed by atoms with Crippen LogP contribution in [0.3, 0.4) is 0 Å². The molecule has 0 saturated heterocycles. The molecule has 0 unspecified atom stereocenters. The Labute approximate surface area is 98.4 Å². The minimum Gasteiger partial charge on any atom is -0.369 e. The molecule has 0 bridgehead atoms. The minimum atomic E-state index is 0.735. The first-order chi connectivity index (χ1) is 7.76. The predicted molar refractivity (Wildman–Crippen MR) is 70.0 cm³/mol. The van der Waals surface area contributed by atoms with Crippen LogP contribution in [0.2, 0.25) is 0 Å². The van der Waals surface area contributed by atoms with E-state index in [2.05, 4.69) is 36.9 Å². The van der Waals surface area contributed by atoms with Gasteiger partial charge in [0.2, 0.25) is 0 Å². The Hall–Kier alpha value is -1.02. The van der Waals surface area contributed by atoms with Crippen molar-refractivity contribution in [2.24, 2.45) is 5.73 Å². The molecule has 1 aliphatic rings. The topological polar surface area (TPSA) is 29.3 Å². The summed E-state index contributed by atoms with van der Waals surface area (Å²) in [6.45, 7) is 6.30. The quantitative estimate of drug-likeness (QED) is 0.822. The first-order valence-corrected chi connectivity index (χ1v) is 6.32. The Bertz CT molecular complexity index is 356. The van der Waals surface area contributed by atoms with Gasteiger partial charge in [-0.2, -0.15) is 0 Å². The second kappa shape index (κ2) is 4.88. The fourth-order valence-electron chi connectivity index (χ4n) is 2.37. The van der Waals surface area contributed by atoms with Gasteiger partial charge in [-0.15, -0.1) is 0 Å². The van der Waals surface area contributed by atoms with E-state index in [1.54, 1.807) is 0 Å². The molecular weight excluding hydrogens is 196 g/mol. The van der Waals surface area contributed by atoms with Crippen molar-refractivity contribution in [1.82, 2.24) is 0 Å². The van der Waals surface area contributed by atoms with Crippen molar-refractivity contribution in [2.45, 2.75) is 39.2 Å². The molecule has 0 heterocycles. The molecule has 0 atom stereocenters. The molecule has 2 N–H and O–H groups in total. The Balaban J connectivity index is 2.20. The molecule has 88 valence electrons. The number of anilines is 1. The van der Waals surface area contributed by atoms with Gasteiger partial charge in [0.05, 0.1) is 0 Å². The summed E-state index contributed by atoms with van der Waals surface area (Å²) in [4.78, 5) is 2.53. The molecule has 1 saturated carbocycles. The van der Waals surface area contributed by atoms with Gasteiger partial charge in [-0.05, 0) is 56.8 Å². The fraction of sp³-hybridized carbons (Fsp3) is 0.571. The van der Waals surface area contributed by atoms with Gasteiger partial charge in [0.15, 0.2) is 0 Å². The van der Waals surface area contributed by atoms with E-state index in [1.165, 1.54) is 29.7 Å². The van der Waals surface area contributed by atoms with E-state index in [0.29, 0.717) is 0 Å². The van der Waals surface area contributed by atoms with Gasteiger partial charge in [-0.25, -0.2) is 0 Å². The number of nitrogens with two attached hydrogens (primary N) is 1. The normalized spacial score (nSPS) is 15.2. The van der Waals surface area contributed by atoms with Crippen molar-refractivity contribution in [1.29, 1.82) is 0 Å². The smallest absolute Gasteiger partial charge is 0.0398 e. The van der Waals surface area contributed by atoms with Gasteiger partial charge < -0.3 is 10.6 Å². The fourth-order valence-corrected chi connectivity index (χ4v) is 2.37. The van der Waals surface area contributed by atoms with Crippen molar-refractivity contribution in [3.05, 3.63) is 29.3 Å². The number of hydrogen-bond donors (Lipinski definition) is 1. The zero-order valence-corrected chi connectivity index (χ0v) is 10.4. The summed E-state index contributed by atoms with van der Waals surface area (Å²) >= 11 is 0. The van der Waals surface area contributed by atoms with Gasteiger partial charge in [-0.1, -0.05) is 12.1 Å². The lowest BCUT2D eigenvalue weighted by Crippen LogP contribution is -2.25. The van der Waals surface area contributed by atoms with Crippen molar-refractivity contribution in [3.8, 4) is 0 Å². The van der Waals surface area contributed by atoms with Crippen LogP contribution in [0.1, 0.15) is 30.9 Å². The molecule has 2 nitrogen and oxygen atoms in total. The molecule has 0 aliphatic heterocycles. The number of benzene rings is 1. The molecule has 1 aromatic rings. The molecule has 16 heavy (non-hydrogen) atoms. The van der Waals surface area contributed by atoms with E-state index in [0.717, 1.165) is 25.6 Å². The van der Waals surface area contributed by atoms with Gasteiger partial charge in [0, 0.05) is 18.3 Å². The zero-order chi connectivity index (χ0) is 11.5.